The van der Waals surface area contributed by atoms with Crippen LogP contribution in [0.1, 0.15) is 17.5 Å². The molecule has 0 spiro atoms. The second kappa shape index (κ2) is 4.87. The summed E-state index contributed by atoms with van der Waals surface area (Å²) in [6.07, 6.45) is 6.89. The first-order chi connectivity index (χ1) is 9.32. The van der Waals surface area contributed by atoms with E-state index in [1.54, 1.807) is 0 Å². The van der Waals surface area contributed by atoms with Crippen LogP contribution in [-0.2, 0) is 5.60 Å². The number of allylic oxidation sites excluding steroid dienone is 3. The average Bonchev–Trinajstić information content (AvgIpc) is 3.03. The van der Waals surface area contributed by atoms with Gasteiger partial charge in [0.05, 0.1) is 0 Å². The molecule has 1 heteroatoms. The zero-order valence-electron chi connectivity index (χ0n) is 10.7. The van der Waals surface area contributed by atoms with E-state index in [2.05, 4.69) is 6.08 Å². The van der Waals surface area contributed by atoms with Crippen molar-refractivity contribution in [3.63, 3.8) is 0 Å². The van der Waals surface area contributed by atoms with Crippen LogP contribution in [0.4, 0.5) is 0 Å². The Bertz CT molecular complexity index is 569. The van der Waals surface area contributed by atoms with E-state index in [9.17, 15) is 5.11 Å². The van der Waals surface area contributed by atoms with Gasteiger partial charge in [-0.3, -0.25) is 0 Å². The smallest absolute Gasteiger partial charge is 0.137 e. The molecule has 1 nitrogen and oxygen atoms in total. The third-order valence-electron chi connectivity index (χ3n) is 3.62. The van der Waals surface area contributed by atoms with Gasteiger partial charge in [-0.1, -0.05) is 78.9 Å². The highest BCUT2D eigenvalue weighted by Crippen LogP contribution is 2.39. The van der Waals surface area contributed by atoms with E-state index in [4.69, 9.17) is 0 Å². The number of rotatable bonds is 3. The van der Waals surface area contributed by atoms with Crippen molar-refractivity contribution in [2.75, 3.05) is 0 Å². The van der Waals surface area contributed by atoms with Crippen LogP contribution >= 0.6 is 0 Å². The van der Waals surface area contributed by atoms with E-state index < -0.39 is 5.60 Å². The number of hydrogen-bond acceptors (Lipinski definition) is 1. The Morgan fingerprint density at radius 1 is 0.789 bits per heavy atom. The molecular weight excluding hydrogens is 232 g/mol. The van der Waals surface area contributed by atoms with Crippen molar-refractivity contribution in [1.29, 1.82) is 0 Å². The zero-order valence-corrected chi connectivity index (χ0v) is 10.7. The highest BCUT2D eigenvalue weighted by molar-refractivity contribution is 5.48. The highest BCUT2D eigenvalue weighted by atomic mass is 16.3. The van der Waals surface area contributed by atoms with E-state index in [-0.39, 0.29) is 0 Å². The molecule has 0 aliphatic heterocycles. The predicted molar refractivity (Wildman–Crippen MR) is 77.7 cm³/mol. The van der Waals surface area contributed by atoms with E-state index in [0.717, 1.165) is 23.1 Å². The molecule has 0 saturated heterocycles. The lowest BCUT2D eigenvalue weighted by atomic mass is 9.79. The second-order valence-electron chi connectivity index (χ2n) is 4.77. The Morgan fingerprint density at radius 2 is 1.32 bits per heavy atom. The third kappa shape index (κ3) is 2.02. The van der Waals surface area contributed by atoms with E-state index in [0.29, 0.717) is 0 Å². The summed E-state index contributed by atoms with van der Waals surface area (Å²) in [6.45, 7) is 0. The molecule has 2 aromatic rings. The Kier molecular flexibility index (Phi) is 3.06. The molecule has 0 heterocycles. The largest absolute Gasteiger partial charge is 0.376 e. The van der Waals surface area contributed by atoms with Crippen LogP contribution in [0.3, 0.4) is 0 Å². The van der Waals surface area contributed by atoms with Crippen LogP contribution in [0.25, 0.3) is 0 Å². The van der Waals surface area contributed by atoms with Crippen molar-refractivity contribution in [2.45, 2.75) is 12.0 Å². The molecule has 1 N–H and O–H groups in total. The fourth-order valence-corrected chi connectivity index (χ4v) is 2.61. The van der Waals surface area contributed by atoms with Gasteiger partial charge in [-0.25, -0.2) is 0 Å². The molecule has 0 radical (unpaired) electrons. The Labute approximate surface area is 113 Å². The highest BCUT2D eigenvalue weighted by Gasteiger charge is 2.35. The molecule has 0 atom stereocenters. The molecule has 0 aromatic heterocycles. The molecular formula is C18H16O. The maximum Gasteiger partial charge on any atom is 0.137 e. The molecule has 3 rings (SSSR count). The summed E-state index contributed by atoms with van der Waals surface area (Å²) in [5.41, 5.74) is 1.81. The first-order valence-electron chi connectivity index (χ1n) is 6.51. The minimum Gasteiger partial charge on any atom is -0.376 e. The summed E-state index contributed by atoms with van der Waals surface area (Å²) in [7, 11) is 0. The first-order valence-corrected chi connectivity index (χ1v) is 6.51. The maximum absolute atomic E-state index is 11.3. The first kappa shape index (κ1) is 11.9. The van der Waals surface area contributed by atoms with Crippen molar-refractivity contribution in [3.8, 4) is 0 Å². The Hall–Kier alpha value is -2.12. The summed E-state index contributed by atoms with van der Waals surface area (Å²) in [4.78, 5) is 0. The monoisotopic (exact) mass is 248 g/mol. The molecule has 0 bridgehead atoms. The van der Waals surface area contributed by atoms with Gasteiger partial charge in [-0.15, -0.1) is 0 Å². The van der Waals surface area contributed by atoms with E-state index in [1.807, 2.05) is 72.8 Å². The fraction of sp³-hybridized carbons (Fsp3) is 0.111. The standard InChI is InChI=1S/C18H16O/c19-18(17-13-7-8-14-17,15-9-3-1-4-10-15)16-11-5-2-6-12-16/h1-13,19H,14H2. The lowest BCUT2D eigenvalue weighted by molar-refractivity contribution is 0.119. The Morgan fingerprint density at radius 3 is 1.74 bits per heavy atom. The van der Waals surface area contributed by atoms with Crippen LogP contribution in [0.15, 0.2) is 84.5 Å². The van der Waals surface area contributed by atoms with Gasteiger partial charge in [0.25, 0.3) is 0 Å². The van der Waals surface area contributed by atoms with Crippen LogP contribution in [0, 0.1) is 0 Å². The molecule has 2 aromatic carbocycles. The minimum atomic E-state index is -1.04. The van der Waals surface area contributed by atoms with Crippen molar-refractivity contribution in [1.82, 2.24) is 0 Å². The van der Waals surface area contributed by atoms with Gasteiger partial charge < -0.3 is 5.11 Å². The van der Waals surface area contributed by atoms with Crippen molar-refractivity contribution >= 4 is 0 Å². The van der Waals surface area contributed by atoms with Gasteiger partial charge in [0.2, 0.25) is 0 Å². The van der Waals surface area contributed by atoms with Gasteiger partial charge >= 0.3 is 0 Å². The van der Waals surface area contributed by atoms with Crippen LogP contribution < -0.4 is 0 Å². The molecule has 0 amide bonds. The Balaban J connectivity index is 2.17. The topological polar surface area (TPSA) is 20.2 Å². The second-order valence-corrected chi connectivity index (χ2v) is 4.77. The molecule has 1 aliphatic carbocycles. The normalized spacial score (nSPS) is 14.5. The predicted octanol–water partition coefficient (Wildman–Crippen LogP) is 3.81. The number of hydrogen-bond donors (Lipinski definition) is 1. The zero-order chi connectivity index (χ0) is 13.1. The molecule has 19 heavy (non-hydrogen) atoms. The van der Waals surface area contributed by atoms with Crippen LogP contribution in [0.2, 0.25) is 0 Å². The SMILES string of the molecule is OC(C1=CC=CC1)(c1ccccc1)c1ccccc1. The lowest BCUT2D eigenvalue weighted by Crippen LogP contribution is -2.29. The quantitative estimate of drug-likeness (QED) is 0.875. The third-order valence-corrected chi connectivity index (χ3v) is 3.62. The summed E-state index contributed by atoms with van der Waals surface area (Å²) in [5, 5.41) is 11.3. The minimum absolute atomic E-state index is 0.792. The van der Waals surface area contributed by atoms with Gasteiger partial charge in [0, 0.05) is 0 Å². The van der Waals surface area contributed by atoms with Crippen molar-refractivity contribution in [2.24, 2.45) is 0 Å². The van der Waals surface area contributed by atoms with Crippen molar-refractivity contribution in [3.05, 3.63) is 95.6 Å². The van der Waals surface area contributed by atoms with Gasteiger partial charge in [-0.05, 0) is 23.1 Å². The number of aliphatic hydroxyl groups is 1. The van der Waals surface area contributed by atoms with Gasteiger partial charge in [-0.2, -0.15) is 0 Å². The van der Waals surface area contributed by atoms with Crippen LogP contribution in [-0.4, -0.2) is 5.11 Å². The van der Waals surface area contributed by atoms with Crippen LogP contribution in [0.5, 0.6) is 0 Å². The molecule has 0 fully saturated rings. The summed E-state index contributed by atoms with van der Waals surface area (Å²) >= 11 is 0. The van der Waals surface area contributed by atoms with Crippen molar-refractivity contribution < 1.29 is 5.11 Å². The fourth-order valence-electron chi connectivity index (χ4n) is 2.61. The molecule has 0 saturated carbocycles. The summed E-state index contributed by atoms with van der Waals surface area (Å²) < 4.78 is 0. The average molecular weight is 248 g/mol. The summed E-state index contributed by atoms with van der Waals surface area (Å²) in [6, 6.07) is 19.7. The molecule has 94 valence electrons. The van der Waals surface area contributed by atoms with E-state index >= 15 is 0 Å². The molecule has 0 unspecified atom stereocenters. The summed E-state index contributed by atoms with van der Waals surface area (Å²) in [5.74, 6) is 0. The number of benzene rings is 2. The van der Waals surface area contributed by atoms with E-state index in [1.165, 1.54) is 0 Å². The van der Waals surface area contributed by atoms with Gasteiger partial charge in [0.1, 0.15) is 5.60 Å². The maximum atomic E-state index is 11.3. The lowest BCUT2D eigenvalue weighted by Gasteiger charge is -2.31. The molecule has 1 aliphatic rings. The van der Waals surface area contributed by atoms with Gasteiger partial charge in [0.15, 0.2) is 0 Å².